The lowest BCUT2D eigenvalue weighted by molar-refractivity contribution is -0.131. The van der Waals surface area contributed by atoms with E-state index in [1.165, 1.54) is 0 Å². The van der Waals surface area contributed by atoms with Gasteiger partial charge in [-0.15, -0.1) is 0 Å². The second-order valence-electron chi connectivity index (χ2n) is 4.68. The summed E-state index contributed by atoms with van der Waals surface area (Å²) in [5, 5.41) is 9.03. The Bertz CT molecular complexity index is 258. The van der Waals surface area contributed by atoms with Crippen LogP contribution in [0.15, 0.2) is 0 Å². The largest absolute Gasteiger partial charge is 0.298 e. The molecule has 1 unspecified atom stereocenters. The number of carbonyl (C=O) groups is 1. The SMILES string of the molecule is CCCC(C#N)C(=O)C1(CC)CCCC1. The minimum Gasteiger partial charge on any atom is -0.298 e. The fraction of sp³-hybridized carbons (Fsp3) is 0.846. The van der Waals surface area contributed by atoms with Gasteiger partial charge in [0.15, 0.2) is 5.78 Å². The highest BCUT2D eigenvalue weighted by Crippen LogP contribution is 2.43. The Kier molecular flexibility index (Phi) is 4.32. The van der Waals surface area contributed by atoms with Gasteiger partial charge in [0.25, 0.3) is 0 Å². The summed E-state index contributed by atoms with van der Waals surface area (Å²) in [5.41, 5.74) is -0.143. The van der Waals surface area contributed by atoms with E-state index in [-0.39, 0.29) is 17.1 Å². The quantitative estimate of drug-likeness (QED) is 0.692. The number of ketones is 1. The molecular weight excluding hydrogens is 186 g/mol. The van der Waals surface area contributed by atoms with Crippen molar-refractivity contribution in [3.63, 3.8) is 0 Å². The standard InChI is InChI=1S/C13H21NO/c1-3-7-11(10-14)12(15)13(4-2)8-5-6-9-13/h11H,3-9H2,1-2H3. The van der Waals surface area contributed by atoms with Crippen LogP contribution in [0.5, 0.6) is 0 Å². The van der Waals surface area contributed by atoms with E-state index in [4.69, 9.17) is 5.26 Å². The molecule has 0 heterocycles. The van der Waals surface area contributed by atoms with Crippen LogP contribution in [0.3, 0.4) is 0 Å². The van der Waals surface area contributed by atoms with Gasteiger partial charge in [-0.3, -0.25) is 4.79 Å². The summed E-state index contributed by atoms with van der Waals surface area (Å²) in [4.78, 5) is 12.3. The summed E-state index contributed by atoms with van der Waals surface area (Å²) in [7, 11) is 0. The molecule has 0 radical (unpaired) electrons. The van der Waals surface area contributed by atoms with E-state index in [9.17, 15) is 4.79 Å². The van der Waals surface area contributed by atoms with Crippen molar-refractivity contribution in [2.24, 2.45) is 11.3 Å². The van der Waals surface area contributed by atoms with Gasteiger partial charge >= 0.3 is 0 Å². The molecule has 1 aliphatic rings. The average molecular weight is 207 g/mol. The molecular formula is C13H21NO. The summed E-state index contributed by atoms with van der Waals surface area (Å²) in [5.74, 6) is -0.125. The van der Waals surface area contributed by atoms with Crippen LogP contribution in [0, 0.1) is 22.7 Å². The van der Waals surface area contributed by atoms with Gasteiger partial charge in [-0.1, -0.05) is 33.1 Å². The molecule has 15 heavy (non-hydrogen) atoms. The van der Waals surface area contributed by atoms with Crippen molar-refractivity contribution >= 4 is 5.78 Å². The number of rotatable bonds is 5. The first kappa shape index (κ1) is 12.2. The van der Waals surface area contributed by atoms with Gasteiger partial charge in [0, 0.05) is 5.41 Å². The summed E-state index contributed by atoms with van der Waals surface area (Å²) in [6, 6.07) is 2.19. The predicted octanol–water partition coefficient (Wildman–Crippen LogP) is 3.47. The molecule has 0 aromatic carbocycles. The average Bonchev–Trinajstić information content (AvgIpc) is 2.74. The zero-order chi connectivity index (χ0) is 11.3. The molecule has 2 nitrogen and oxygen atoms in total. The minimum absolute atomic E-state index is 0.143. The molecule has 2 heteroatoms. The molecule has 0 bridgehead atoms. The monoisotopic (exact) mass is 207 g/mol. The highest BCUT2D eigenvalue weighted by molar-refractivity contribution is 5.89. The van der Waals surface area contributed by atoms with Crippen LogP contribution in [0.1, 0.15) is 58.8 Å². The predicted molar refractivity (Wildman–Crippen MR) is 60.2 cm³/mol. The zero-order valence-electron chi connectivity index (χ0n) is 9.88. The van der Waals surface area contributed by atoms with Crippen molar-refractivity contribution in [1.29, 1.82) is 5.26 Å². The van der Waals surface area contributed by atoms with Gasteiger partial charge in [0.2, 0.25) is 0 Å². The first-order valence-electron chi connectivity index (χ1n) is 6.14. The van der Waals surface area contributed by atoms with E-state index in [0.717, 1.165) is 44.9 Å². The topological polar surface area (TPSA) is 40.9 Å². The number of hydrogen-bond donors (Lipinski definition) is 0. The number of carbonyl (C=O) groups excluding carboxylic acids is 1. The summed E-state index contributed by atoms with van der Waals surface area (Å²) in [6.07, 6.45) is 6.89. The molecule has 0 N–H and O–H groups in total. The zero-order valence-corrected chi connectivity index (χ0v) is 9.88. The van der Waals surface area contributed by atoms with Gasteiger partial charge in [0.1, 0.15) is 5.92 Å². The van der Waals surface area contributed by atoms with Crippen LogP contribution in [0.25, 0.3) is 0 Å². The Morgan fingerprint density at radius 2 is 2.00 bits per heavy atom. The molecule has 0 spiro atoms. The molecule has 0 aliphatic heterocycles. The first-order chi connectivity index (χ1) is 7.20. The lowest BCUT2D eigenvalue weighted by Gasteiger charge is -2.27. The maximum Gasteiger partial charge on any atom is 0.156 e. The Labute approximate surface area is 92.7 Å². The van der Waals surface area contributed by atoms with Gasteiger partial charge in [-0.05, 0) is 25.7 Å². The lowest BCUT2D eigenvalue weighted by atomic mass is 9.74. The van der Waals surface area contributed by atoms with Crippen LogP contribution in [-0.2, 0) is 4.79 Å². The third-order valence-electron chi connectivity index (χ3n) is 3.81. The van der Waals surface area contributed by atoms with Crippen LogP contribution >= 0.6 is 0 Å². The van der Waals surface area contributed by atoms with Crippen molar-refractivity contribution in [1.82, 2.24) is 0 Å². The first-order valence-corrected chi connectivity index (χ1v) is 6.14. The molecule has 0 aromatic heterocycles. The highest BCUT2D eigenvalue weighted by Gasteiger charge is 2.42. The maximum atomic E-state index is 12.3. The van der Waals surface area contributed by atoms with Crippen molar-refractivity contribution in [3.05, 3.63) is 0 Å². The van der Waals surface area contributed by atoms with Crippen LogP contribution in [0.4, 0.5) is 0 Å². The molecule has 1 fully saturated rings. The molecule has 0 saturated heterocycles. The fourth-order valence-electron chi connectivity index (χ4n) is 2.74. The molecule has 84 valence electrons. The Hall–Kier alpha value is -0.840. The van der Waals surface area contributed by atoms with E-state index < -0.39 is 0 Å². The number of Topliss-reactive ketones (excluding diaryl/α,β-unsaturated/α-hetero) is 1. The maximum absolute atomic E-state index is 12.3. The van der Waals surface area contributed by atoms with Crippen molar-refractivity contribution < 1.29 is 4.79 Å². The fourth-order valence-corrected chi connectivity index (χ4v) is 2.74. The number of nitrogens with zero attached hydrogens (tertiary/aromatic N) is 1. The second-order valence-corrected chi connectivity index (χ2v) is 4.68. The van der Waals surface area contributed by atoms with E-state index in [1.54, 1.807) is 0 Å². The van der Waals surface area contributed by atoms with Gasteiger partial charge in [0.05, 0.1) is 6.07 Å². The second kappa shape index (κ2) is 5.30. The molecule has 0 aromatic rings. The van der Waals surface area contributed by atoms with E-state index in [0.29, 0.717) is 0 Å². The Morgan fingerprint density at radius 3 is 2.40 bits per heavy atom. The summed E-state index contributed by atoms with van der Waals surface area (Å²) < 4.78 is 0. The van der Waals surface area contributed by atoms with E-state index in [2.05, 4.69) is 13.0 Å². The third-order valence-corrected chi connectivity index (χ3v) is 3.81. The molecule has 0 amide bonds. The lowest BCUT2D eigenvalue weighted by Crippen LogP contribution is -2.32. The highest BCUT2D eigenvalue weighted by atomic mass is 16.1. The van der Waals surface area contributed by atoms with Crippen LogP contribution in [0.2, 0.25) is 0 Å². The molecule has 1 aliphatic carbocycles. The molecule has 1 rings (SSSR count). The van der Waals surface area contributed by atoms with E-state index >= 15 is 0 Å². The van der Waals surface area contributed by atoms with E-state index in [1.807, 2.05) is 6.92 Å². The van der Waals surface area contributed by atoms with Crippen LogP contribution in [-0.4, -0.2) is 5.78 Å². The number of nitriles is 1. The Balaban J connectivity index is 2.76. The summed E-state index contributed by atoms with van der Waals surface area (Å²) in [6.45, 7) is 4.12. The molecule has 1 atom stereocenters. The van der Waals surface area contributed by atoms with Crippen LogP contribution < -0.4 is 0 Å². The molecule has 1 saturated carbocycles. The van der Waals surface area contributed by atoms with Gasteiger partial charge < -0.3 is 0 Å². The number of hydrogen-bond acceptors (Lipinski definition) is 2. The Morgan fingerprint density at radius 1 is 1.40 bits per heavy atom. The van der Waals surface area contributed by atoms with Crippen molar-refractivity contribution in [3.8, 4) is 6.07 Å². The normalized spacial score (nSPS) is 20.9. The van der Waals surface area contributed by atoms with Crippen molar-refractivity contribution in [2.75, 3.05) is 0 Å². The van der Waals surface area contributed by atoms with Crippen molar-refractivity contribution in [2.45, 2.75) is 58.8 Å². The van der Waals surface area contributed by atoms with Gasteiger partial charge in [-0.25, -0.2) is 0 Å². The third kappa shape index (κ3) is 2.40. The smallest absolute Gasteiger partial charge is 0.156 e. The summed E-state index contributed by atoms with van der Waals surface area (Å²) >= 11 is 0. The van der Waals surface area contributed by atoms with Gasteiger partial charge in [-0.2, -0.15) is 5.26 Å². The minimum atomic E-state index is -0.354.